The van der Waals surface area contributed by atoms with E-state index in [1.807, 2.05) is 19.1 Å². The number of amides is 1. The second kappa shape index (κ2) is 10.4. The Balaban J connectivity index is 1.57. The molecular weight excluding hydrogens is 454 g/mol. The number of nitrogens with one attached hydrogen (secondary N) is 1. The lowest BCUT2D eigenvalue weighted by atomic mass is 10.1. The maximum atomic E-state index is 13.5. The van der Waals surface area contributed by atoms with Gasteiger partial charge >= 0.3 is 0 Å². The number of hydrogen-bond acceptors (Lipinski definition) is 6. The first-order chi connectivity index (χ1) is 16.5. The van der Waals surface area contributed by atoms with E-state index in [4.69, 9.17) is 9.47 Å². The molecule has 0 atom stereocenters. The molecule has 0 saturated heterocycles. The zero-order valence-electron chi connectivity index (χ0n) is 18.7. The molecule has 3 aromatic carbocycles. The van der Waals surface area contributed by atoms with Crippen LogP contribution in [0.1, 0.15) is 18.1 Å². The van der Waals surface area contributed by atoms with Gasteiger partial charge in [-0.2, -0.15) is 5.10 Å². The lowest BCUT2D eigenvalue weighted by Gasteiger charge is -2.25. The quantitative estimate of drug-likeness (QED) is 0.395. The van der Waals surface area contributed by atoms with Crippen molar-refractivity contribution in [1.82, 2.24) is 5.43 Å². The van der Waals surface area contributed by atoms with Crippen molar-refractivity contribution in [2.45, 2.75) is 18.2 Å². The molecule has 1 N–H and O–H groups in total. The number of rotatable bonds is 8. The van der Waals surface area contributed by atoms with Gasteiger partial charge in [0.05, 0.1) is 16.8 Å². The molecule has 176 valence electrons. The molecule has 0 aliphatic carbocycles. The Kier molecular flexibility index (Phi) is 7.12. The van der Waals surface area contributed by atoms with Gasteiger partial charge in [0.2, 0.25) is 0 Å². The van der Waals surface area contributed by atoms with Crippen molar-refractivity contribution >= 4 is 27.8 Å². The Bertz CT molecular complexity index is 1290. The van der Waals surface area contributed by atoms with Gasteiger partial charge in [0, 0.05) is 5.56 Å². The minimum absolute atomic E-state index is 0.102. The van der Waals surface area contributed by atoms with Crippen LogP contribution in [0.4, 0.5) is 5.69 Å². The monoisotopic (exact) mass is 479 g/mol. The first kappa shape index (κ1) is 23.3. The zero-order chi connectivity index (χ0) is 24.0. The van der Waals surface area contributed by atoms with E-state index in [9.17, 15) is 13.2 Å². The molecule has 0 spiro atoms. The van der Waals surface area contributed by atoms with Gasteiger partial charge in [-0.3, -0.25) is 9.10 Å². The Morgan fingerprint density at radius 3 is 2.53 bits per heavy atom. The van der Waals surface area contributed by atoms with Gasteiger partial charge in [0.25, 0.3) is 15.9 Å². The molecule has 9 heteroatoms. The molecule has 0 aromatic heterocycles. The lowest BCUT2D eigenvalue weighted by Crippen LogP contribution is -2.40. The van der Waals surface area contributed by atoms with E-state index in [1.165, 1.54) is 18.3 Å². The molecule has 0 unspecified atom stereocenters. The molecule has 0 bridgehead atoms. The SMILES string of the molecule is CCc1ccccc1N(CC(=O)N/N=C\c1cccc2c1OCCO2)S(=O)(=O)c1ccccc1. The third-order valence-corrected chi connectivity index (χ3v) is 7.02. The number of nitrogens with zero attached hydrogens (tertiary/aromatic N) is 2. The summed E-state index contributed by atoms with van der Waals surface area (Å²) in [5.74, 6) is 0.582. The van der Waals surface area contributed by atoms with Gasteiger partial charge in [-0.25, -0.2) is 13.8 Å². The Morgan fingerprint density at radius 1 is 1.00 bits per heavy atom. The summed E-state index contributed by atoms with van der Waals surface area (Å²) in [6.07, 6.45) is 2.05. The van der Waals surface area contributed by atoms with E-state index >= 15 is 0 Å². The fourth-order valence-electron chi connectivity index (χ4n) is 3.61. The molecule has 0 saturated carbocycles. The number of ether oxygens (including phenoxy) is 2. The second-order valence-corrected chi connectivity index (χ2v) is 9.33. The average Bonchev–Trinajstić information content (AvgIpc) is 2.88. The van der Waals surface area contributed by atoms with Crippen molar-refractivity contribution in [2.75, 3.05) is 24.1 Å². The minimum atomic E-state index is -3.99. The molecular formula is C25H25N3O5S. The number of benzene rings is 3. The highest BCUT2D eigenvalue weighted by Crippen LogP contribution is 2.32. The van der Waals surface area contributed by atoms with E-state index in [0.29, 0.717) is 42.4 Å². The zero-order valence-corrected chi connectivity index (χ0v) is 19.5. The Hall–Kier alpha value is -3.85. The van der Waals surface area contributed by atoms with E-state index in [2.05, 4.69) is 10.5 Å². The molecule has 34 heavy (non-hydrogen) atoms. The molecule has 1 heterocycles. The highest BCUT2D eigenvalue weighted by atomic mass is 32.2. The number of hydrogen-bond donors (Lipinski definition) is 1. The average molecular weight is 480 g/mol. The fraction of sp³-hybridized carbons (Fsp3) is 0.200. The van der Waals surface area contributed by atoms with Crippen LogP contribution in [0.3, 0.4) is 0 Å². The van der Waals surface area contributed by atoms with E-state index in [0.717, 1.165) is 9.87 Å². The number of hydrazone groups is 1. The molecule has 0 fully saturated rings. The molecule has 1 aliphatic rings. The molecule has 4 rings (SSSR count). The smallest absolute Gasteiger partial charge is 0.264 e. The highest BCUT2D eigenvalue weighted by Gasteiger charge is 2.28. The molecule has 8 nitrogen and oxygen atoms in total. The van der Waals surface area contributed by atoms with E-state index in [1.54, 1.807) is 48.5 Å². The summed E-state index contributed by atoms with van der Waals surface area (Å²) in [6, 6.07) is 20.6. The molecule has 1 amide bonds. The van der Waals surface area contributed by atoms with Crippen LogP contribution in [0.5, 0.6) is 11.5 Å². The summed E-state index contributed by atoms with van der Waals surface area (Å²) in [5, 5.41) is 4.01. The number of fused-ring (bicyclic) bond motifs is 1. The van der Waals surface area contributed by atoms with Crippen molar-refractivity contribution in [3.63, 3.8) is 0 Å². The third kappa shape index (κ3) is 5.04. The number of aryl methyl sites for hydroxylation is 1. The minimum Gasteiger partial charge on any atom is -0.486 e. The van der Waals surface area contributed by atoms with E-state index in [-0.39, 0.29) is 4.90 Å². The van der Waals surface area contributed by atoms with Gasteiger partial charge in [0.1, 0.15) is 19.8 Å². The Labute approximate surface area is 198 Å². The lowest BCUT2D eigenvalue weighted by molar-refractivity contribution is -0.119. The van der Waals surface area contributed by atoms with Crippen LogP contribution in [0, 0.1) is 0 Å². The first-order valence-corrected chi connectivity index (χ1v) is 12.3. The summed E-state index contributed by atoms with van der Waals surface area (Å²) < 4.78 is 39.2. The number of carbonyl (C=O) groups excluding carboxylic acids is 1. The van der Waals surface area contributed by atoms with Crippen LogP contribution < -0.4 is 19.2 Å². The summed E-state index contributed by atoms with van der Waals surface area (Å²) in [7, 11) is -3.99. The number of para-hydroxylation sites is 2. The van der Waals surface area contributed by atoms with Gasteiger partial charge in [-0.15, -0.1) is 0 Å². The van der Waals surface area contributed by atoms with Crippen molar-refractivity contribution in [2.24, 2.45) is 5.10 Å². The summed E-state index contributed by atoms with van der Waals surface area (Å²) >= 11 is 0. The number of sulfonamides is 1. The van der Waals surface area contributed by atoms with Crippen LogP contribution in [0.2, 0.25) is 0 Å². The normalized spacial score (nSPS) is 13.0. The van der Waals surface area contributed by atoms with Crippen LogP contribution in [-0.2, 0) is 21.2 Å². The summed E-state index contributed by atoms with van der Waals surface area (Å²) in [6.45, 7) is 2.39. The summed E-state index contributed by atoms with van der Waals surface area (Å²) in [5.41, 5.74) is 4.33. The topological polar surface area (TPSA) is 97.3 Å². The predicted octanol–water partition coefficient (Wildman–Crippen LogP) is 3.37. The first-order valence-electron chi connectivity index (χ1n) is 10.9. The molecule has 0 radical (unpaired) electrons. The van der Waals surface area contributed by atoms with Crippen LogP contribution in [0.25, 0.3) is 0 Å². The highest BCUT2D eigenvalue weighted by molar-refractivity contribution is 7.92. The number of carbonyl (C=O) groups is 1. The summed E-state index contributed by atoms with van der Waals surface area (Å²) in [4.78, 5) is 12.9. The van der Waals surface area contributed by atoms with Crippen molar-refractivity contribution < 1.29 is 22.7 Å². The fourth-order valence-corrected chi connectivity index (χ4v) is 5.09. The van der Waals surface area contributed by atoms with Crippen molar-refractivity contribution in [3.8, 4) is 11.5 Å². The van der Waals surface area contributed by atoms with Gasteiger partial charge in [-0.1, -0.05) is 49.4 Å². The van der Waals surface area contributed by atoms with Crippen molar-refractivity contribution in [3.05, 3.63) is 83.9 Å². The Morgan fingerprint density at radius 2 is 1.74 bits per heavy atom. The molecule has 3 aromatic rings. The predicted molar refractivity (Wildman–Crippen MR) is 130 cm³/mol. The third-order valence-electron chi connectivity index (χ3n) is 5.25. The van der Waals surface area contributed by atoms with E-state index < -0.39 is 22.5 Å². The standard InChI is InChI=1S/C25H25N3O5S/c1-2-19-9-6-7-13-22(19)28(34(30,31)21-11-4-3-5-12-21)18-24(29)27-26-17-20-10-8-14-23-25(20)33-16-15-32-23/h3-14,17H,2,15-16,18H2,1H3,(H,27,29)/b26-17-. The van der Waals surface area contributed by atoms with Crippen LogP contribution in [0.15, 0.2) is 82.8 Å². The largest absolute Gasteiger partial charge is 0.486 e. The van der Waals surface area contributed by atoms with Gasteiger partial charge < -0.3 is 9.47 Å². The maximum Gasteiger partial charge on any atom is 0.264 e. The van der Waals surface area contributed by atoms with Crippen LogP contribution in [-0.4, -0.2) is 40.3 Å². The van der Waals surface area contributed by atoms with Crippen molar-refractivity contribution in [1.29, 1.82) is 0 Å². The molecule has 1 aliphatic heterocycles. The number of anilines is 1. The second-order valence-electron chi connectivity index (χ2n) is 7.47. The van der Waals surface area contributed by atoms with Gasteiger partial charge in [0.15, 0.2) is 11.5 Å². The van der Waals surface area contributed by atoms with Gasteiger partial charge in [-0.05, 0) is 42.3 Å². The maximum absolute atomic E-state index is 13.5. The van der Waals surface area contributed by atoms with Crippen LogP contribution >= 0.6 is 0 Å².